The zero-order valence-electron chi connectivity index (χ0n) is 13.4. The third kappa shape index (κ3) is 5.05. The van der Waals surface area contributed by atoms with Crippen molar-refractivity contribution in [2.45, 2.75) is 44.9 Å². The summed E-state index contributed by atoms with van der Waals surface area (Å²) in [4.78, 5) is 23.1. The van der Waals surface area contributed by atoms with Crippen LogP contribution in [-0.4, -0.2) is 41.5 Å². The summed E-state index contributed by atoms with van der Waals surface area (Å²) >= 11 is 0. The fraction of sp³-hybridized carbons (Fsp3) is 0.500. The Morgan fingerprint density at radius 1 is 1.35 bits per heavy atom. The number of rotatable bonds is 4. The molecule has 1 heterocycles. The highest BCUT2D eigenvalue weighted by atomic mass is 16.6. The van der Waals surface area contributed by atoms with Crippen LogP contribution >= 0.6 is 0 Å². The Kier molecular flexibility index (Phi) is 4.98. The lowest BCUT2D eigenvalue weighted by Crippen LogP contribution is -2.47. The van der Waals surface area contributed by atoms with Gasteiger partial charge in [0.25, 0.3) is 0 Å². The number of nitrogens with one attached hydrogen (secondary N) is 1. The highest BCUT2D eigenvalue weighted by Gasteiger charge is 2.30. The van der Waals surface area contributed by atoms with E-state index in [-0.39, 0.29) is 13.0 Å². The van der Waals surface area contributed by atoms with E-state index in [1.807, 2.05) is 6.07 Å². The van der Waals surface area contributed by atoms with Gasteiger partial charge in [0.2, 0.25) is 0 Å². The molecule has 0 bridgehead atoms. The lowest BCUT2D eigenvalue weighted by atomic mass is 10.1. The second kappa shape index (κ2) is 6.76. The number of ether oxygens (including phenoxy) is 3. The molecule has 2 unspecified atom stereocenters. The minimum absolute atomic E-state index is 0.0723. The minimum Gasteiger partial charge on any atom is -0.486 e. The van der Waals surface area contributed by atoms with Gasteiger partial charge < -0.3 is 24.6 Å². The molecule has 2 N–H and O–H groups in total. The molecular formula is C16H21NO6. The van der Waals surface area contributed by atoms with Gasteiger partial charge in [0.1, 0.15) is 24.4 Å². The molecule has 2 rings (SSSR count). The molecule has 126 valence electrons. The van der Waals surface area contributed by atoms with Crippen molar-refractivity contribution in [3.8, 4) is 11.5 Å². The molecule has 1 aliphatic rings. The SMILES string of the molecule is CC(C)(C)OC(=O)NC(CC1COc2ccccc2O1)C(=O)O. The second-order valence-electron chi connectivity index (χ2n) is 6.27. The van der Waals surface area contributed by atoms with Crippen LogP contribution in [0.25, 0.3) is 0 Å². The van der Waals surface area contributed by atoms with E-state index in [0.717, 1.165) is 0 Å². The predicted molar refractivity (Wildman–Crippen MR) is 81.8 cm³/mol. The van der Waals surface area contributed by atoms with Crippen LogP contribution < -0.4 is 14.8 Å². The number of carboxylic acid groups (broad SMARTS) is 1. The van der Waals surface area contributed by atoms with Crippen molar-refractivity contribution in [3.05, 3.63) is 24.3 Å². The normalized spacial score (nSPS) is 18.0. The van der Waals surface area contributed by atoms with Crippen LogP contribution in [0.1, 0.15) is 27.2 Å². The summed E-state index contributed by atoms with van der Waals surface area (Å²) in [6.45, 7) is 5.34. The predicted octanol–water partition coefficient (Wildman–Crippen LogP) is 2.19. The van der Waals surface area contributed by atoms with Crippen molar-refractivity contribution in [2.24, 2.45) is 0 Å². The van der Waals surface area contributed by atoms with Gasteiger partial charge in [0, 0.05) is 6.42 Å². The van der Waals surface area contributed by atoms with E-state index in [2.05, 4.69) is 5.32 Å². The highest BCUT2D eigenvalue weighted by molar-refractivity contribution is 5.80. The standard InChI is InChI=1S/C16H21NO6/c1-16(2,3)23-15(20)17-11(14(18)19)8-10-9-21-12-6-4-5-7-13(12)22-10/h4-7,10-11H,8-9H2,1-3H3,(H,17,20)(H,18,19). The summed E-state index contributed by atoms with van der Waals surface area (Å²) in [7, 11) is 0. The number of carbonyl (C=O) groups excluding carboxylic acids is 1. The maximum absolute atomic E-state index is 11.7. The Morgan fingerprint density at radius 2 is 2.00 bits per heavy atom. The number of carbonyl (C=O) groups is 2. The second-order valence-corrected chi connectivity index (χ2v) is 6.27. The first-order chi connectivity index (χ1) is 10.7. The lowest BCUT2D eigenvalue weighted by molar-refractivity contribution is -0.140. The molecule has 0 radical (unpaired) electrons. The molecule has 2 atom stereocenters. The number of para-hydroxylation sites is 2. The van der Waals surface area contributed by atoms with Gasteiger partial charge in [0.15, 0.2) is 11.5 Å². The molecule has 1 amide bonds. The summed E-state index contributed by atoms with van der Waals surface area (Å²) in [5, 5.41) is 11.6. The lowest BCUT2D eigenvalue weighted by Gasteiger charge is -2.28. The quantitative estimate of drug-likeness (QED) is 0.882. The number of aliphatic carboxylic acids is 1. The van der Waals surface area contributed by atoms with Crippen LogP contribution in [0.15, 0.2) is 24.3 Å². The molecule has 7 nitrogen and oxygen atoms in total. The van der Waals surface area contributed by atoms with Crippen molar-refractivity contribution >= 4 is 12.1 Å². The van der Waals surface area contributed by atoms with Gasteiger partial charge in [-0.25, -0.2) is 9.59 Å². The van der Waals surface area contributed by atoms with Gasteiger partial charge in [0.05, 0.1) is 0 Å². The Labute approximate surface area is 134 Å². The summed E-state index contributed by atoms with van der Waals surface area (Å²) in [5.74, 6) is 0.0270. The fourth-order valence-electron chi connectivity index (χ4n) is 2.11. The first-order valence-corrected chi connectivity index (χ1v) is 7.35. The third-order valence-corrected chi connectivity index (χ3v) is 3.06. The van der Waals surface area contributed by atoms with Gasteiger partial charge >= 0.3 is 12.1 Å². The van der Waals surface area contributed by atoms with E-state index >= 15 is 0 Å². The van der Waals surface area contributed by atoms with Crippen LogP contribution in [0.4, 0.5) is 4.79 Å². The number of benzene rings is 1. The van der Waals surface area contributed by atoms with Gasteiger partial charge in [-0.05, 0) is 32.9 Å². The Balaban J connectivity index is 1.95. The zero-order valence-corrected chi connectivity index (χ0v) is 13.4. The van der Waals surface area contributed by atoms with Crippen LogP contribution in [0, 0.1) is 0 Å². The molecule has 1 aliphatic heterocycles. The maximum atomic E-state index is 11.7. The summed E-state index contributed by atoms with van der Waals surface area (Å²) in [6.07, 6.45) is -1.17. The van der Waals surface area contributed by atoms with Crippen molar-refractivity contribution < 1.29 is 28.9 Å². The summed E-state index contributed by atoms with van der Waals surface area (Å²) in [5.41, 5.74) is -0.698. The van der Waals surface area contributed by atoms with E-state index in [9.17, 15) is 14.7 Å². The van der Waals surface area contributed by atoms with Crippen LogP contribution in [0.2, 0.25) is 0 Å². The number of amides is 1. The molecule has 7 heteroatoms. The van der Waals surface area contributed by atoms with E-state index in [0.29, 0.717) is 11.5 Å². The van der Waals surface area contributed by atoms with E-state index < -0.39 is 29.8 Å². The van der Waals surface area contributed by atoms with Crippen molar-refractivity contribution in [2.75, 3.05) is 6.61 Å². The number of carboxylic acids is 1. The smallest absolute Gasteiger partial charge is 0.408 e. The number of fused-ring (bicyclic) bond motifs is 1. The number of alkyl carbamates (subject to hydrolysis) is 1. The highest BCUT2D eigenvalue weighted by Crippen LogP contribution is 2.31. The minimum atomic E-state index is -1.15. The molecule has 0 fully saturated rings. The average Bonchev–Trinajstić information content (AvgIpc) is 2.44. The molecule has 0 saturated carbocycles. The van der Waals surface area contributed by atoms with Gasteiger partial charge in [-0.1, -0.05) is 12.1 Å². The molecule has 0 spiro atoms. The topological polar surface area (TPSA) is 94.1 Å². The van der Waals surface area contributed by atoms with Gasteiger partial charge in [-0.15, -0.1) is 0 Å². The Hall–Kier alpha value is -2.44. The third-order valence-electron chi connectivity index (χ3n) is 3.06. The first kappa shape index (κ1) is 16.9. The molecule has 0 saturated heterocycles. The van der Waals surface area contributed by atoms with E-state index in [1.165, 1.54) is 0 Å². The monoisotopic (exact) mass is 323 g/mol. The zero-order chi connectivity index (χ0) is 17.0. The largest absolute Gasteiger partial charge is 0.486 e. The van der Waals surface area contributed by atoms with Crippen molar-refractivity contribution in [1.82, 2.24) is 5.32 Å². The Morgan fingerprint density at radius 3 is 2.61 bits per heavy atom. The number of hydrogen-bond acceptors (Lipinski definition) is 5. The molecule has 0 aliphatic carbocycles. The summed E-state index contributed by atoms with van der Waals surface area (Å²) < 4.78 is 16.3. The fourth-order valence-corrected chi connectivity index (χ4v) is 2.11. The first-order valence-electron chi connectivity index (χ1n) is 7.35. The van der Waals surface area contributed by atoms with Crippen LogP contribution in [0.3, 0.4) is 0 Å². The van der Waals surface area contributed by atoms with E-state index in [1.54, 1.807) is 39.0 Å². The van der Waals surface area contributed by atoms with Crippen molar-refractivity contribution in [3.63, 3.8) is 0 Å². The summed E-state index contributed by atoms with van der Waals surface area (Å²) in [6, 6.07) is 6.03. The molecule has 0 aromatic heterocycles. The molecule has 1 aromatic rings. The van der Waals surface area contributed by atoms with Crippen LogP contribution in [0.5, 0.6) is 11.5 Å². The molecule has 23 heavy (non-hydrogen) atoms. The average molecular weight is 323 g/mol. The number of hydrogen-bond donors (Lipinski definition) is 2. The Bertz CT molecular complexity index is 580. The van der Waals surface area contributed by atoms with Crippen LogP contribution in [-0.2, 0) is 9.53 Å². The van der Waals surface area contributed by atoms with E-state index in [4.69, 9.17) is 14.2 Å². The molecule has 1 aromatic carbocycles. The van der Waals surface area contributed by atoms with Gasteiger partial charge in [-0.3, -0.25) is 0 Å². The van der Waals surface area contributed by atoms with Crippen molar-refractivity contribution in [1.29, 1.82) is 0 Å². The molecular weight excluding hydrogens is 302 g/mol. The van der Waals surface area contributed by atoms with Gasteiger partial charge in [-0.2, -0.15) is 0 Å². The maximum Gasteiger partial charge on any atom is 0.408 e.